The Kier molecular flexibility index (Phi) is 6.88. The first kappa shape index (κ1) is 24.8. The lowest BCUT2D eigenvalue weighted by molar-refractivity contribution is -0.137. The van der Waals surface area contributed by atoms with Crippen molar-refractivity contribution in [3.63, 3.8) is 0 Å². The van der Waals surface area contributed by atoms with E-state index in [9.17, 15) is 18.0 Å². The van der Waals surface area contributed by atoms with Gasteiger partial charge in [-0.2, -0.15) is 13.2 Å². The van der Waals surface area contributed by atoms with Gasteiger partial charge in [0.1, 0.15) is 11.4 Å². The van der Waals surface area contributed by atoms with E-state index >= 15 is 0 Å². The topological polar surface area (TPSA) is 56.1 Å². The van der Waals surface area contributed by atoms with Crippen molar-refractivity contribution in [3.05, 3.63) is 78.1 Å². The minimum absolute atomic E-state index is 0.0314. The third-order valence-electron chi connectivity index (χ3n) is 6.52. The molecule has 0 unspecified atom stereocenters. The van der Waals surface area contributed by atoms with Gasteiger partial charge >= 0.3 is 6.18 Å². The standard InChI is InChI=1S/C28H26F3N3O3/c1-36-23-7-3-5-20(17-23)27-24(9-11-26(35)33-12-14-37-15-13-33)34-18-21(8-10-25(34)32-27)19-4-2-6-22(16-19)28(29,30)31/h2-8,10,16-18H,9,11-15H2,1H3. The van der Waals surface area contributed by atoms with Gasteiger partial charge in [-0.05, 0) is 53.9 Å². The Bertz CT molecular complexity index is 1430. The maximum absolute atomic E-state index is 13.3. The highest BCUT2D eigenvalue weighted by molar-refractivity contribution is 5.77. The largest absolute Gasteiger partial charge is 0.497 e. The van der Waals surface area contributed by atoms with Gasteiger partial charge in [0.15, 0.2) is 0 Å². The van der Waals surface area contributed by atoms with Crippen LogP contribution in [0.25, 0.3) is 28.0 Å². The number of morpholine rings is 1. The van der Waals surface area contributed by atoms with E-state index in [1.165, 1.54) is 6.07 Å². The molecule has 192 valence electrons. The number of hydrogen-bond acceptors (Lipinski definition) is 4. The number of carbonyl (C=O) groups excluding carboxylic acids is 1. The molecule has 0 saturated carbocycles. The SMILES string of the molecule is COc1cccc(-c2nc3ccc(-c4cccc(C(F)(F)F)c4)cn3c2CCC(=O)N2CCOCC2)c1. The van der Waals surface area contributed by atoms with Crippen molar-refractivity contribution in [2.24, 2.45) is 0 Å². The van der Waals surface area contributed by atoms with E-state index < -0.39 is 11.7 Å². The summed E-state index contributed by atoms with van der Waals surface area (Å²) < 4.78 is 52.5. The van der Waals surface area contributed by atoms with Crippen LogP contribution in [-0.2, 0) is 22.1 Å². The smallest absolute Gasteiger partial charge is 0.416 e. The van der Waals surface area contributed by atoms with Crippen LogP contribution in [0.1, 0.15) is 17.7 Å². The second-order valence-corrected chi connectivity index (χ2v) is 8.86. The van der Waals surface area contributed by atoms with E-state index in [-0.39, 0.29) is 12.3 Å². The summed E-state index contributed by atoms with van der Waals surface area (Å²) >= 11 is 0. The molecule has 1 amide bonds. The summed E-state index contributed by atoms with van der Waals surface area (Å²) in [7, 11) is 1.59. The number of nitrogens with zero attached hydrogens (tertiary/aromatic N) is 3. The number of hydrogen-bond donors (Lipinski definition) is 0. The van der Waals surface area contributed by atoms with Crippen LogP contribution in [0, 0.1) is 0 Å². The van der Waals surface area contributed by atoms with Gasteiger partial charge in [0.2, 0.25) is 5.91 Å². The van der Waals surface area contributed by atoms with Gasteiger partial charge in [-0.3, -0.25) is 4.79 Å². The number of carbonyl (C=O) groups is 1. The zero-order chi connectivity index (χ0) is 26.0. The van der Waals surface area contributed by atoms with Crippen LogP contribution in [0.3, 0.4) is 0 Å². The Morgan fingerprint density at radius 2 is 1.76 bits per heavy atom. The summed E-state index contributed by atoms with van der Waals surface area (Å²) in [4.78, 5) is 19.5. The van der Waals surface area contributed by atoms with Crippen LogP contribution < -0.4 is 4.74 Å². The van der Waals surface area contributed by atoms with Crippen LogP contribution >= 0.6 is 0 Å². The Labute approximate surface area is 212 Å². The lowest BCUT2D eigenvalue weighted by atomic mass is 10.0. The van der Waals surface area contributed by atoms with Crippen LogP contribution in [0.5, 0.6) is 5.75 Å². The average Bonchev–Trinajstić information content (AvgIpc) is 3.29. The molecule has 1 saturated heterocycles. The molecule has 5 rings (SSSR count). The van der Waals surface area contributed by atoms with E-state index in [0.29, 0.717) is 60.9 Å². The van der Waals surface area contributed by atoms with E-state index in [2.05, 4.69) is 0 Å². The molecule has 1 aliphatic heterocycles. The quantitative estimate of drug-likeness (QED) is 0.345. The molecular formula is C28H26F3N3O3. The highest BCUT2D eigenvalue weighted by Gasteiger charge is 2.30. The molecule has 2 aromatic heterocycles. The molecule has 0 spiro atoms. The van der Waals surface area contributed by atoms with Gasteiger partial charge in [0, 0.05) is 31.3 Å². The molecule has 1 fully saturated rings. The number of halogens is 3. The summed E-state index contributed by atoms with van der Waals surface area (Å²) in [5.74, 6) is 0.707. The molecule has 3 heterocycles. The van der Waals surface area contributed by atoms with E-state index in [4.69, 9.17) is 14.5 Å². The minimum atomic E-state index is -4.43. The lowest BCUT2D eigenvalue weighted by Gasteiger charge is -2.26. The second-order valence-electron chi connectivity index (χ2n) is 8.86. The Morgan fingerprint density at radius 1 is 1.00 bits per heavy atom. The normalized spacial score (nSPS) is 14.2. The third kappa shape index (κ3) is 5.32. The first-order valence-corrected chi connectivity index (χ1v) is 12.0. The monoisotopic (exact) mass is 509 g/mol. The fraction of sp³-hybridized carbons (Fsp3) is 0.286. The molecule has 0 radical (unpaired) electrons. The van der Waals surface area contributed by atoms with Crippen molar-refractivity contribution in [3.8, 4) is 28.1 Å². The van der Waals surface area contributed by atoms with Crippen molar-refractivity contribution in [1.82, 2.24) is 14.3 Å². The zero-order valence-electron chi connectivity index (χ0n) is 20.3. The number of pyridine rings is 1. The Balaban J connectivity index is 1.56. The minimum Gasteiger partial charge on any atom is -0.497 e. The Morgan fingerprint density at radius 3 is 2.51 bits per heavy atom. The van der Waals surface area contributed by atoms with Gasteiger partial charge in [0.25, 0.3) is 0 Å². The zero-order valence-corrected chi connectivity index (χ0v) is 20.3. The molecule has 4 aromatic rings. The van der Waals surface area contributed by atoms with E-state index in [1.54, 1.807) is 36.4 Å². The number of rotatable bonds is 6. The highest BCUT2D eigenvalue weighted by Crippen LogP contribution is 2.34. The maximum Gasteiger partial charge on any atom is 0.416 e. The summed E-state index contributed by atoms with van der Waals surface area (Å²) in [5, 5.41) is 0. The molecule has 0 aliphatic carbocycles. The summed E-state index contributed by atoms with van der Waals surface area (Å²) in [5.41, 5.74) is 3.34. The molecule has 1 aliphatic rings. The number of amides is 1. The molecule has 6 nitrogen and oxygen atoms in total. The number of aromatic nitrogens is 2. The number of methoxy groups -OCH3 is 1. The van der Waals surface area contributed by atoms with Gasteiger partial charge in [0.05, 0.1) is 37.3 Å². The van der Waals surface area contributed by atoms with Crippen LogP contribution in [0.15, 0.2) is 66.9 Å². The number of alkyl halides is 3. The van der Waals surface area contributed by atoms with Gasteiger partial charge in [-0.25, -0.2) is 4.98 Å². The van der Waals surface area contributed by atoms with Crippen molar-refractivity contribution >= 4 is 11.6 Å². The van der Waals surface area contributed by atoms with Crippen molar-refractivity contribution in [1.29, 1.82) is 0 Å². The highest BCUT2D eigenvalue weighted by atomic mass is 19.4. The molecular weight excluding hydrogens is 483 g/mol. The first-order chi connectivity index (χ1) is 17.8. The fourth-order valence-electron chi connectivity index (χ4n) is 4.58. The summed E-state index contributed by atoms with van der Waals surface area (Å²) in [6.07, 6.45) is -1.95. The van der Waals surface area contributed by atoms with Crippen molar-refractivity contribution < 1.29 is 27.4 Å². The van der Waals surface area contributed by atoms with Crippen LogP contribution in [0.2, 0.25) is 0 Å². The molecule has 2 aromatic carbocycles. The van der Waals surface area contributed by atoms with E-state index in [1.807, 2.05) is 28.7 Å². The predicted octanol–water partition coefficient (Wildman–Crippen LogP) is 5.49. The van der Waals surface area contributed by atoms with Crippen LogP contribution in [-0.4, -0.2) is 53.6 Å². The molecule has 0 atom stereocenters. The molecule has 37 heavy (non-hydrogen) atoms. The first-order valence-electron chi connectivity index (χ1n) is 12.0. The van der Waals surface area contributed by atoms with Crippen molar-refractivity contribution in [2.45, 2.75) is 19.0 Å². The predicted molar refractivity (Wildman–Crippen MR) is 133 cm³/mol. The molecule has 9 heteroatoms. The number of fused-ring (bicyclic) bond motifs is 1. The third-order valence-corrected chi connectivity index (χ3v) is 6.52. The van der Waals surface area contributed by atoms with Crippen LogP contribution in [0.4, 0.5) is 13.2 Å². The molecule has 0 N–H and O–H groups in total. The second kappa shape index (κ2) is 10.3. The molecule has 0 bridgehead atoms. The van der Waals surface area contributed by atoms with E-state index in [0.717, 1.165) is 23.4 Å². The lowest BCUT2D eigenvalue weighted by Crippen LogP contribution is -2.40. The fourth-order valence-corrected chi connectivity index (χ4v) is 4.58. The summed E-state index contributed by atoms with van der Waals surface area (Å²) in [6, 6.07) is 16.3. The number of ether oxygens (including phenoxy) is 2. The van der Waals surface area contributed by atoms with Gasteiger partial charge < -0.3 is 18.8 Å². The maximum atomic E-state index is 13.3. The van der Waals surface area contributed by atoms with Crippen molar-refractivity contribution in [2.75, 3.05) is 33.4 Å². The Hall–Kier alpha value is -3.85. The number of imidazole rings is 1. The number of aryl methyl sites for hydroxylation is 1. The van der Waals surface area contributed by atoms with Gasteiger partial charge in [-0.1, -0.05) is 24.3 Å². The number of benzene rings is 2. The summed E-state index contributed by atoms with van der Waals surface area (Å²) in [6.45, 7) is 2.18. The average molecular weight is 510 g/mol. The van der Waals surface area contributed by atoms with Gasteiger partial charge in [-0.15, -0.1) is 0 Å².